The van der Waals surface area contributed by atoms with E-state index in [1.54, 1.807) is 61.1 Å². The lowest BCUT2D eigenvalue weighted by Gasteiger charge is -2.08. The van der Waals surface area contributed by atoms with Gasteiger partial charge in [0.2, 0.25) is 0 Å². The Labute approximate surface area is 142 Å². The van der Waals surface area contributed by atoms with Crippen LogP contribution in [0.3, 0.4) is 0 Å². The molecule has 0 aliphatic heterocycles. The van der Waals surface area contributed by atoms with Crippen LogP contribution in [-0.4, -0.2) is 21.2 Å². The van der Waals surface area contributed by atoms with E-state index in [2.05, 4.69) is 20.0 Å². The summed E-state index contributed by atoms with van der Waals surface area (Å²) in [5, 5.41) is 7.30. The summed E-state index contributed by atoms with van der Waals surface area (Å²) in [6.07, 6.45) is 3.12. The lowest BCUT2D eigenvalue weighted by Crippen LogP contribution is -2.14. The Bertz CT molecular complexity index is 877. The third kappa shape index (κ3) is 3.64. The first-order valence-corrected chi connectivity index (χ1v) is 8.01. The van der Waals surface area contributed by atoms with Crippen LogP contribution in [-0.2, 0) is 0 Å². The SMILES string of the molecule is Cc1nscc1C(=O)Nc1cccc(NC(=O)c2ccncc2)c1. The van der Waals surface area contributed by atoms with Gasteiger partial charge in [-0.25, -0.2) is 0 Å². The molecule has 120 valence electrons. The molecule has 2 aromatic heterocycles. The second kappa shape index (κ2) is 7.01. The fourth-order valence-corrected chi connectivity index (χ4v) is 2.78. The van der Waals surface area contributed by atoms with Gasteiger partial charge >= 0.3 is 0 Å². The molecule has 7 heteroatoms. The van der Waals surface area contributed by atoms with Gasteiger partial charge in [-0.3, -0.25) is 14.6 Å². The Morgan fingerprint density at radius 3 is 2.29 bits per heavy atom. The smallest absolute Gasteiger partial charge is 0.258 e. The van der Waals surface area contributed by atoms with E-state index < -0.39 is 0 Å². The number of pyridine rings is 1. The second-order valence-electron chi connectivity index (χ2n) is 5.04. The summed E-state index contributed by atoms with van der Waals surface area (Å²) < 4.78 is 4.09. The maximum Gasteiger partial charge on any atom is 0.258 e. The summed E-state index contributed by atoms with van der Waals surface area (Å²) >= 11 is 1.24. The van der Waals surface area contributed by atoms with E-state index in [1.807, 2.05) is 0 Å². The molecule has 24 heavy (non-hydrogen) atoms. The molecule has 3 rings (SSSR count). The van der Waals surface area contributed by atoms with Crippen LogP contribution in [0.1, 0.15) is 26.4 Å². The molecule has 1 aromatic carbocycles. The minimum Gasteiger partial charge on any atom is -0.322 e. The number of hydrogen-bond donors (Lipinski definition) is 2. The second-order valence-corrected chi connectivity index (χ2v) is 5.67. The van der Waals surface area contributed by atoms with Crippen LogP contribution >= 0.6 is 11.5 Å². The van der Waals surface area contributed by atoms with Crippen LogP contribution < -0.4 is 10.6 Å². The van der Waals surface area contributed by atoms with Crippen molar-refractivity contribution in [3.05, 3.63) is 71.0 Å². The van der Waals surface area contributed by atoms with E-state index in [0.717, 1.165) is 0 Å². The van der Waals surface area contributed by atoms with Gasteiger partial charge in [0.05, 0.1) is 11.3 Å². The molecule has 2 N–H and O–H groups in total. The number of aryl methyl sites for hydroxylation is 1. The van der Waals surface area contributed by atoms with Crippen molar-refractivity contribution in [2.45, 2.75) is 6.92 Å². The Morgan fingerprint density at radius 2 is 1.67 bits per heavy atom. The van der Waals surface area contributed by atoms with Gasteiger partial charge in [0.15, 0.2) is 0 Å². The minimum absolute atomic E-state index is 0.223. The summed E-state index contributed by atoms with van der Waals surface area (Å²) in [4.78, 5) is 28.2. The van der Waals surface area contributed by atoms with Crippen molar-refractivity contribution in [1.82, 2.24) is 9.36 Å². The van der Waals surface area contributed by atoms with Crippen molar-refractivity contribution in [2.75, 3.05) is 10.6 Å². The molecular formula is C17H14N4O2S. The predicted octanol–water partition coefficient (Wildman–Crippen LogP) is 3.35. The molecular weight excluding hydrogens is 324 g/mol. The van der Waals surface area contributed by atoms with Crippen LogP contribution in [0.15, 0.2) is 54.2 Å². The zero-order valence-electron chi connectivity index (χ0n) is 12.8. The quantitative estimate of drug-likeness (QED) is 0.764. The largest absolute Gasteiger partial charge is 0.322 e. The lowest BCUT2D eigenvalue weighted by molar-refractivity contribution is 0.101. The highest BCUT2D eigenvalue weighted by Crippen LogP contribution is 2.18. The molecule has 0 fully saturated rings. The number of amides is 2. The zero-order chi connectivity index (χ0) is 16.9. The zero-order valence-corrected chi connectivity index (χ0v) is 13.6. The Kier molecular flexibility index (Phi) is 4.62. The molecule has 2 amide bonds. The van der Waals surface area contributed by atoms with Crippen molar-refractivity contribution >= 4 is 34.7 Å². The van der Waals surface area contributed by atoms with Crippen molar-refractivity contribution in [1.29, 1.82) is 0 Å². The van der Waals surface area contributed by atoms with E-state index in [9.17, 15) is 9.59 Å². The summed E-state index contributed by atoms with van der Waals surface area (Å²) in [6.45, 7) is 1.79. The van der Waals surface area contributed by atoms with Gasteiger partial charge in [-0.2, -0.15) is 4.37 Å². The van der Waals surface area contributed by atoms with Crippen molar-refractivity contribution in [3.63, 3.8) is 0 Å². The summed E-state index contributed by atoms with van der Waals surface area (Å²) in [7, 11) is 0. The topological polar surface area (TPSA) is 84.0 Å². The summed E-state index contributed by atoms with van der Waals surface area (Å²) in [6, 6.07) is 10.2. The van der Waals surface area contributed by atoms with E-state index in [0.29, 0.717) is 28.2 Å². The fraction of sp³-hybridized carbons (Fsp3) is 0.0588. The first kappa shape index (κ1) is 15.8. The van der Waals surface area contributed by atoms with Gasteiger partial charge in [0, 0.05) is 34.7 Å². The van der Waals surface area contributed by atoms with E-state index in [-0.39, 0.29) is 11.8 Å². The molecule has 0 unspecified atom stereocenters. The van der Waals surface area contributed by atoms with Gasteiger partial charge in [-0.15, -0.1) is 0 Å². The molecule has 0 aliphatic rings. The normalized spacial score (nSPS) is 10.2. The van der Waals surface area contributed by atoms with E-state index in [1.165, 1.54) is 11.5 Å². The van der Waals surface area contributed by atoms with E-state index >= 15 is 0 Å². The first-order chi connectivity index (χ1) is 11.6. The predicted molar refractivity (Wildman–Crippen MR) is 93.4 cm³/mol. The van der Waals surface area contributed by atoms with Crippen LogP contribution in [0, 0.1) is 6.92 Å². The molecule has 0 saturated heterocycles. The fourth-order valence-electron chi connectivity index (χ4n) is 2.09. The van der Waals surface area contributed by atoms with Gasteiger partial charge in [0.1, 0.15) is 0 Å². The number of nitrogens with zero attached hydrogens (tertiary/aromatic N) is 2. The van der Waals surface area contributed by atoms with Gasteiger partial charge in [-0.05, 0) is 48.8 Å². The van der Waals surface area contributed by atoms with E-state index in [4.69, 9.17) is 0 Å². The Morgan fingerprint density at radius 1 is 1.00 bits per heavy atom. The Hall–Kier alpha value is -3.06. The summed E-state index contributed by atoms with van der Waals surface area (Å²) in [5.74, 6) is -0.461. The highest BCUT2D eigenvalue weighted by molar-refractivity contribution is 7.04. The number of carbonyl (C=O) groups is 2. The van der Waals surface area contributed by atoms with Crippen molar-refractivity contribution in [2.24, 2.45) is 0 Å². The first-order valence-electron chi connectivity index (χ1n) is 7.17. The standard InChI is InChI=1S/C17H14N4O2S/c1-11-15(10-24-21-11)17(23)20-14-4-2-3-13(9-14)19-16(22)12-5-7-18-8-6-12/h2-10H,1H3,(H,19,22)(H,20,23). The highest BCUT2D eigenvalue weighted by atomic mass is 32.1. The lowest BCUT2D eigenvalue weighted by atomic mass is 10.2. The summed E-state index contributed by atoms with van der Waals surface area (Å²) in [5.41, 5.74) is 2.94. The van der Waals surface area contributed by atoms with Crippen molar-refractivity contribution in [3.8, 4) is 0 Å². The molecule has 0 spiro atoms. The molecule has 0 saturated carbocycles. The molecule has 0 radical (unpaired) electrons. The molecule has 6 nitrogen and oxygen atoms in total. The number of hydrogen-bond acceptors (Lipinski definition) is 5. The van der Waals surface area contributed by atoms with Crippen LogP contribution in [0.4, 0.5) is 11.4 Å². The molecule has 0 bridgehead atoms. The average Bonchev–Trinajstić information content (AvgIpc) is 3.02. The number of aromatic nitrogens is 2. The maximum absolute atomic E-state index is 12.2. The minimum atomic E-state index is -0.237. The number of nitrogens with one attached hydrogen (secondary N) is 2. The number of rotatable bonds is 4. The number of carbonyl (C=O) groups excluding carboxylic acids is 2. The van der Waals surface area contributed by atoms with Gasteiger partial charge in [0.25, 0.3) is 11.8 Å². The molecule has 2 heterocycles. The number of anilines is 2. The third-order valence-electron chi connectivity index (χ3n) is 3.32. The van der Waals surface area contributed by atoms with Crippen LogP contribution in [0.2, 0.25) is 0 Å². The molecule has 0 atom stereocenters. The van der Waals surface area contributed by atoms with Crippen LogP contribution in [0.5, 0.6) is 0 Å². The molecule has 0 aliphatic carbocycles. The highest BCUT2D eigenvalue weighted by Gasteiger charge is 2.12. The number of benzene rings is 1. The van der Waals surface area contributed by atoms with Crippen LogP contribution in [0.25, 0.3) is 0 Å². The third-order valence-corrected chi connectivity index (χ3v) is 4.04. The average molecular weight is 338 g/mol. The van der Waals surface area contributed by atoms with Gasteiger partial charge in [-0.1, -0.05) is 6.07 Å². The maximum atomic E-state index is 12.2. The van der Waals surface area contributed by atoms with Crippen molar-refractivity contribution < 1.29 is 9.59 Å². The monoisotopic (exact) mass is 338 g/mol. The molecule has 3 aromatic rings. The van der Waals surface area contributed by atoms with Gasteiger partial charge < -0.3 is 10.6 Å². The Balaban J connectivity index is 1.71.